The van der Waals surface area contributed by atoms with Crippen LogP contribution in [0.4, 0.5) is 0 Å². The Hall–Kier alpha value is -1.42. The summed E-state index contributed by atoms with van der Waals surface area (Å²) < 4.78 is 3.38. The first-order chi connectivity index (χ1) is 9.56. The number of hydrogen-bond acceptors (Lipinski definition) is 2. The van der Waals surface area contributed by atoms with Crippen LogP contribution in [0.3, 0.4) is 0 Å². The molecule has 108 valence electrons. The lowest BCUT2D eigenvalue weighted by molar-refractivity contribution is -0.120. The molecule has 3 nitrogen and oxygen atoms in total. The fourth-order valence-corrected chi connectivity index (χ4v) is 3.21. The number of amides is 1. The zero-order valence-corrected chi connectivity index (χ0v) is 13.5. The average Bonchev–Trinajstić information content (AvgIpc) is 2.76. The molecule has 0 fully saturated rings. The van der Waals surface area contributed by atoms with Crippen molar-refractivity contribution in [2.45, 2.75) is 47.1 Å². The third-order valence-electron chi connectivity index (χ3n) is 3.30. The molecule has 1 heterocycles. The summed E-state index contributed by atoms with van der Waals surface area (Å²) in [5.74, 6) is -0.0985. The minimum atomic E-state index is -0.0542. The Balaban J connectivity index is 2.63. The number of rotatable bonds is 4. The third-order valence-corrected chi connectivity index (χ3v) is 4.34. The van der Waals surface area contributed by atoms with Crippen LogP contribution in [0.2, 0.25) is 0 Å². The highest BCUT2D eigenvalue weighted by molar-refractivity contribution is 7.16. The van der Waals surface area contributed by atoms with E-state index < -0.39 is 0 Å². The number of aryl methyl sites for hydroxylation is 2. The summed E-state index contributed by atoms with van der Waals surface area (Å²) in [6.07, 6.45) is 2.06. The van der Waals surface area contributed by atoms with E-state index in [1.807, 2.05) is 13.8 Å². The molecule has 0 aliphatic heterocycles. The molecule has 1 amide bonds. The summed E-state index contributed by atoms with van der Waals surface area (Å²) >= 11 is 1.61. The van der Waals surface area contributed by atoms with Gasteiger partial charge in [-0.1, -0.05) is 45.1 Å². The number of hydrogen-bond donors (Lipinski definition) is 0. The zero-order chi connectivity index (χ0) is 14.7. The highest BCUT2D eigenvalue weighted by atomic mass is 32.1. The van der Waals surface area contributed by atoms with Crippen LogP contribution in [0.5, 0.6) is 0 Å². The topological polar surface area (TPSA) is 34.4 Å². The molecular formula is C16H22N2OS. The van der Waals surface area contributed by atoms with Crippen molar-refractivity contribution in [3.05, 3.63) is 28.6 Å². The first kappa shape index (κ1) is 15.0. The highest BCUT2D eigenvalue weighted by Gasteiger charge is 2.09. The molecule has 0 aliphatic rings. The van der Waals surface area contributed by atoms with Gasteiger partial charge in [0.2, 0.25) is 0 Å². The van der Waals surface area contributed by atoms with Gasteiger partial charge in [0.25, 0.3) is 5.91 Å². The lowest BCUT2D eigenvalue weighted by Gasteiger charge is -2.03. The average molecular weight is 290 g/mol. The van der Waals surface area contributed by atoms with Gasteiger partial charge in [0.15, 0.2) is 4.80 Å². The predicted molar refractivity (Wildman–Crippen MR) is 84.9 cm³/mol. The summed E-state index contributed by atoms with van der Waals surface area (Å²) in [5.41, 5.74) is 2.51. The van der Waals surface area contributed by atoms with E-state index in [2.05, 4.69) is 41.6 Å². The molecule has 2 aromatic rings. The molecule has 1 aromatic carbocycles. The van der Waals surface area contributed by atoms with Gasteiger partial charge in [0, 0.05) is 12.5 Å². The Morgan fingerprint density at radius 1 is 1.35 bits per heavy atom. The van der Waals surface area contributed by atoms with Crippen LogP contribution in [0.15, 0.2) is 23.2 Å². The van der Waals surface area contributed by atoms with Crippen LogP contribution < -0.4 is 4.80 Å². The number of benzene rings is 1. The van der Waals surface area contributed by atoms with E-state index in [0.29, 0.717) is 0 Å². The molecule has 0 N–H and O–H groups in total. The molecule has 0 spiro atoms. The summed E-state index contributed by atoms with van der Waals surface area (Å²) in [6, 6.07) is 6.53. The Bertz CT molecular complexity index is 679. The second kappa shape index (κ2) is 6.35. The fraction of sp³-hybridized carbons (Fsp3) is 0.500. The van der Waals surface area contributed by atoms with Gasteiger partial charge in [-0.15, -0.1) is 0 Å². The molecule has 0 saturated heterocycles. The number of nitrogens with zero attached hydrogens (tertiary/aromatic N) is 2. The summed E-state index contributed by atoms with van der Waals surface area (Å²) in [5, 5.41) is 0. The zero-order valence-electron chi connectivity index (χ0n) is 12.6. The Kier molecular flexibility index (Phi) is 4.76. The van der Waals surface area contributed by atoms with E-state index in [0.717, 1.165) is 24.2 Å². The van der Waals surface area contributed by atoms with Crippen LogP contribution >= 0.6 is 11.3 Å². The summed E-state index contributed by atoms with van der Waals surface area (Å²) in [6.45, 7) is 8.97. The van der Waals surface area contributed by atoms with Crippen LogP contribution in [0.25, 0.3) is 10.2 Å². The summed E-state index contributed by atoms with van der Waals surface area (Å²) in [4.78, 5) is 17.0. The standard InChI is InChI=1S/C16H22N2OS/c1-5-9-18-13-8-7-12(6-2)10-14(13)20-16(18)17-15(19)11(3)4/h7-8,10-11H,5-6,9H2,1-4H3. The number of carbonyl (C=O) groups is 1. The molecule has 1 aromatic heterocycles. The lowest BCUT2D eigenvalue weighted by atomic mass is 10.2. The monoisotopic (exact) mass is 290 g/mol. The normalized spacial score (nSPS) is 12.6. The summed E-state index contributed by atoms with van der Waals surface area (Å²) in [7, 11) is 0. The van der Waals surface area contributed by atoms with Crippen LogP contribution in [0, 0.1) is 5.92 Å². The molecule has 20 heavy (non-hydrogen) atoms. The van der Waals surface area contributed by atoms with Crippen molar-refractivity contribution >= 4 is 27.5 Å². The van der Waals surface area contributed by atoms with Gasteiger partial charge in [-0.2, -0.15) is 4.99 Å². The Morgan fingerprint density at radius 2 is 2.10 bits per heavy atom. The first-order valence-electron chi connectivity index (χ1n) is 7.27. The van der Waals surface area contributed by atoms with Crippen molar-refractivity contribution in [1.82, 2.24) is 4.57 Å². The maximum Gasteiger partial charge on any atom is 0.250 e. The quantitative estimate of drug-likeness (QED) is 0.844. The minimum absolute atomic E-state index is 0.0443. The van der Waals surface area contributed by atoms with Gasteiger partial charge < -0.3 is 4.57 Å². The Labute approximate surface area is 124 Å². The molecule has 0 atom stereocenters. The van der Waals surface area contributed by atoms with Crippen LogP contribution in [0.1, 0.15) is 39.7 Å². The van der Waals surface area contributed by atoms with Crippen molar-refractivity contribution in [2.24, 2.45) is 10.9 Å². The van der Waals surface area contributed by atoms with Crippen molar-refractivity contribution in [1.29, 1.82) is 0 Å². The van der Waals surface area contributed by atoms with E-state index in [1.54, 1.807) is 11.3 Å². The predicted octanol–water partition coefficient (Wildman–Crippen LogP) is 3.76. The molecular weight excluding hydrogens is 268 g/mol. The fourth-order valence-electron chi connectivity index (χ4n) is 2.09. The van der Waals surface area contributed by atoms with Gasteiger partial charge in [-0.3, -0.25) is 4.79 Å². The maximum absolute atomic E-state index is 11.9. The number of fused-ring (bicyclic) bond motifs is 1. The van der Waals surface area contributed by atoms with Crippen molar-refractivity contribution in [3.63, 3.8) is 0 Å². The first-order valence-corrected chi connectivity index (χ1v) is 8.09. The van der Waals surface area contributed by atoms with Gasteiger partial charge in [0.1, 0.15) is 0 Å². The molecule has 0 saturated carbocycles. The van der Waals surface area contributed by atoms with E-state index in [1.165, 1.54) is 15.8 Å². The van der Waals surface area contributed by atoms with Crippen LogP contribution in [-0.2, 0) is 17.8 Å². The third kappa shape index (κ3) is 3.01. The lowest BCUT2D eigenvalue weighted by Crippen LogP contribution is -2.18. The van der Waals surface area contributed by atoms with Crippen molar-refractivity contribution in [3.8, 4) is 0 Å². The van der Waals surface area contributed by atoms with Crippen molar-refractivity contribution in [2.75, 3.05) is 0 Å². The second-order valence-corrected chi connectivity index (χ2v) is 6.31. The highest BCUT2D eigenvalue weighted by Crippen LogP contribution is 2.20. The van der Waals surface area contributed by atoms with E-state index >= 15 is 0 Å². The minimum Gasteiger partial charge on any atom is -0.316 e. The largest absolute Gasteiger partial charge is 0.316 e. The SMILES string of the molecule is CCCn1c(=NC(=O)C(C)C)sc2cc(CC)ccc21. The van der Waals surface area contributed by atoms with E-state index in [4.69, 9.17) is 0 Å². The number of aromatic nitrogens is 1. The van der Waals surface area contributed by atoms with Gasteiger partial charge >= 0.3 is 0 Å². The molecule has 2 rings (SSSR count). The van der Waals surface area contributed by atoms with Gasteiger partial charge in [-0.05, 0) is 30.5 Å². The Morgan fingerprint density at radius 3 is 2.70 bits per heavy atom. The molecule has 0 unspecified atom stereocenters. The van der Waals surface area contributed by atoms with Gasteiger partial charge in [0.05, 0.1) is 10.2 Å². The number of thiazole rings is 1. The molecule has 0 radical (unpaired) electrons. The second-order valence-electron chi connectivity index (χ2n) is 5.30. The van der Waals surface area contributed by atoms with E-state index in [-0.39, 0.29) is 11.8 Å². The van der Waals surface area contributed by atoms with Crippen LogP contribution in [-0.4, -0.2) is 10.5 Å². The maximum atomic E-state index is 11.9. The van der Waals surface area contributed by atoms with Gasteiger partial charge in [-0.25, -0.2) is 0 Å². The number of carbonyl (C=O) groups excluding carboxylic acids is 1. The molecule has 4 heteroatoms. The molecule has 0 bridgehead atoms. The molecule has 0 aliphatic carbocycles. The smallest absolute Gasteiger partial charge is 0.250 e. The van der Waals surface area contributed by atoms with Crippen molar-refractivity contribution < 1.29 is 4.79 Å². The van der Waals surface area contributed by atoms with E-state index in [9.17, 15) is 4.79 Å².